The average Bonchev–Trinajstić information content (AvgIpc) is 3.24. The Kier molecular flexibility index (Phi) is 3.66. The minimum atomic E-state index is -1.59. The zero-order valence-electron chi connectivity index (χ0n) is 20.5. The quantitative estimate of drug-likeness (QED) is 0.372. The fraction of sp³-hybridized carbons (Fsp3) is 0.385. The summed E-state index contributed by atoms with van der Waals surface area (Å²) in [4.78, 5) is 4.69. The number of aromatic nitrogens is 2. The van der Waals surface area contributed by atoms with Crippen molar-refractivity contribution in [3.05, 3.63) is 59.4 Å². The molecule has 5 rings (SSSR count). The second kappa shape index (κ2) is 6.98. The number of nitrogens with zero attached hydrogens (tertiary/aromatic N) is 2. The third-order valence-electron chi connectivity index (χ3n) is 6.05. The molecule has 1 unspecified atom stereocenters. The molecule has 0 aliphatic heterocycles. The minimum Gasteiger partial charge on any atom is -0.437 e. The Hall–Kier alpha value is -2.68. The van der Waals surface area contributed by atoms with Gasteiger partial charge in [-0.15, -0.1) is 0 Å². The Labute approximate surface area is 176 Å². The Morgan fingerprint density at radius 2 is 1.97 bits per heavy atom. The summed E-state index contributed by atoms with van der Waals surface area (Å²) in [6, 6.07) is 12.2. The van der Waals surface area contributed by atoms with E-state index in [0.29, 0.717) is 36.6 Å². The first-order chi connectivity index (χ1) is 15.1. The third kappa shape index (κ3) is 3.04. The normalized spacial score (nSPS) is 22.9. The van der Waals surface area contributed by atoms with E-state index in [4.69, 9.17) is 8.53 Å². The van der Waals surface area contributed by atoms with Crippen LogP contribution in [-0.2, 0) is 7.05 Å². The van der Waals surface area contributed by atoms with Gasteiger partial charge in [-0.1, -0.05) is 38.8 Å². The van der Waals surface area contributed by atoms with E-state index >= 15 is 0 Å². The van der Waals surface area contributed by atoms with Gasteiger partial charge in [0.15, 0.2) is 11.8 Å². The molecule has 3 heteroatoms. The highest BCUT2D eigenvalue weighted by molar-refractivity contribution is 6.08. The lowest BCUT2D eigenvalue weighted by molar-refractivity contribution is -0.660. The summed E-state index contributed by atoms with van der Waals surface area (Å²) >= 11 is 0. The van der Waals surface area contributed by atoms with Crippen LogP contribution in [0.3, 0.4) is 0 Å². The Balaban J connectivity index is 1.72. The van der Waals surface area contributed by atoms with Gasteiger partial charge in [0.05, 0.1) is 5.56 Å². The average molecular weight is 389 g/mol. The fourth-order valence-electron chi connectivity index (χ4n) is 4.35. The highest BCUT2D eigenvalue weighted by Crippen LogP contribution is 2.38. The molecule has 1 saturated carbocycles. The lowest BCUT2D eigenvalue weighted by Gasteiger charge is -2.08. The number of benzene rings is 1. The molecule has 0 saturated heterocycles. The molecule has 0 radical (unpaired) electrons. The van der Waals surface area contributed by atoms with Gasteiger partial charge >= 0.3 is 0 Å². The summed E-state index contributed by atoms with van der Waals surface area (Å²) in [7, 11) is 2.06. The lowest BCUT2D eigenvalue weighted by Crippen LogP contribution is -2.31. The standard InChI is InChI=1S/C26H29N2O/c1-16(2)19-10-14-23(28(4)15-19)24-17(3)9-11-20-21-12-13-22(18-7-5-6-8-18)27-26(21)29-25(20)24/h9-16,18H,5-8H2,1-4H3/q+1/i7D2,18D. The summed E-state index contributed by atoms with van der Waals surface area (Å²) in [6.45, 7) is 6.47. The number of hydrogen-bond acceptors (Lipinski definition) is 2. The highest BCUT2D eigenvalue weighted by atomic mass is 16.3. The summed E-state index contributed by atoms with van der Waals surface area (Å²) in [5, 5.41) is 1.88. The molecule has 1 fully saturated rings. The van der Waals surface area contributed by atoms with E-state index in [0.717, 1.165) is 33.2 Å². The molecule has 1 aliphatic rings. The molecule has 3 heterocycles. The zero-order valence-corrected chi connectivity index (χ0v) is 17.5. The van der Waals surface area contributed by atoms with E-state index in [-0.39, 0.29) is 0 Å². The minimum absolute atomic E-state index is 0.391. The predicted molar refractivity (Wildman–Crippen MR) is 118 cm³/mol. The van der Waals surface area contributed by atoms with Gasteiger partial charge in [-0.2, -0.15) is 0 Å². The fourth-order valence-corrected chi connectivity index (χ4v) is 4.35. The first-order valence-electron chi connectivity index (χ1n) is 12.0. The summed E-state index contributed by atoms with van der Waals surface area (Å²) < 4.78 is 34.0. The van der Waals surface area contributed by atoms with E-state index < -0.39 is 12.3 Å². The van der Waals surface area contributed by atoms with Gasteiger partial charge in [-0.05, 0) is 49.4 Å². The van der Waals surface area contributed by atoms with Crippen molar-refractivity contribution in [3.63, 3.8) is 0 Å². The molecule has 148 valence electrons. The van der Waals surface area contributed by atoms with Crippen molar-refractivity contribution in [2.45, 2.75) is 58.2 Å². The number of aryl methyl sites for hydroxylation is 2. The van der Waals surface area contributed by atoms with Crippen LogP contribution in [-0.4, -0.2) is 4.98 Å². The molecule has 0 amide bonds. The maximum absolute atomic E-state index is 8.85. The monoisotopic (exact) mass is 388 g/mol. The number of fused-ring (bicyclic) bond motifs is 3. The van der Waals surface area contributed by atoms with Crippen molar-refractivity contribution in [3.8, 4) is 11.3 Å². The first-order valence-corrected chi connectivity index (χ1v) is 10.5. The van der Waals surface area contributed by atoms with Crippen LogP contribution in [0, 0.1) is 6.92 Å². The van der Waals surface area contributed by atoms with Gasteiger partial charge in [0.25, 0.3) is 0 Å². The first kappa shape index (κ1) is 15.2. The van der Waals surface area contributed by atoms with Gasteiger partial charge in [-0.3, -0.25) is 0 Å². The molecule has 3 nitrogen and oxygen atoms in total. The van der Waals surface area contributed by atoms with E-state index in [1.165, 1.54) is 5.56 Å². The summed E-state index contributed by atoms with van der Waals surface area (Å²) in [6.07, 6.45) is 2.14. The van der Waals surface area contributed by atoms with Crippen molar-refractivity contribution in [1.82, 2.24) is 4.98 Å². The molecule has 0 spiro atoms. The summed E-state index contributed by atoms with van der Waals surface area (Å²) in [5.74, 6) is -0.882. The predicted octanol–water partition coefficient (Wildman–Crippen LogP) is 6.56. The van der Waals surface area contributed by atoms with Crippen LogP contribution in [0.25, 0.3) is 33.3 Å². The molecule has 1 atom stereocenters. The van der Waals surface area contributed by atoms with Crippen LogP contribution in [0.4, 0.5) is 0 Å². The molecule has 0 bridgehead atoms. The molecule has 29 heavy (non-hydrogen) atoms. The lowest BCUT2D eigenvalue weighted by atomic mass is 9.98. The Bertz CT molecular complexity index is 1360. The second-order valence-electron chi connectivity index (χ2n) is 8.41. The highest BCUT2D eigenvalue weighted by Gasteiger charge is 2.23. The number of pyridine rings is 2. The van der Waals surface area contributed by atoms with E-state index in [9.17, 15) is 0 Å². The largest absolute Gasteiger partial charge is 0.437 e. The number of hydrogen-bond donors (Lipinski definition) is 0. The van der Waals surface area contributed by atoms with Crippen LogP contribution in [0.1, 0.15) is 72.2 Å². The third-order valence-corrected chi connectivity index (χ3v) is 6.05. The van der Waals surface area contributed by atoms with Gasteiger partial charge in [0.1, 0.15) is 7.05 Å². The van der Waals surface area contributed by atoms with Gasteiger partial charge in [0.2, 0.25) is 11.4 Å². The van der Waals surface area contributed by atoms with Gasteiger partial charge < -0.3 is 4.42 Å². The molecule has 1 aliphatic carbocycles. The molecule has 1 aromatic carbocycles. The van der Waals surface area contributed by atoms with Crippen molar-refractivity contribution in [2.75, 3.05) is 0 Å². The maximum Gasteiger partial charge on any atom is 0.227 e. The summed E-state index contributed by atoms with van der Waals surface area (Å²) in [5.41, 5.74) is 6.22. The Morgan fingerprint density at radius 1 is 1.14 bits per heavy atom. The van der Waals surface area contributed by atoms with Crippen molar-refractivity contribution < 1.29 is 13.1 Å². The maximum atomic E-state index is 8.85. The van der Waals surface area contributed by atoms with E-state index in [1.54, 1.807) is 0 Å². The van der Waals surface area contributed by atoms with Crippen molar-refractivity contribution >= 4 is 22.1 Å². The van der Waals surface area contributed by atoms with Gasteiger partial charge in [-0.25, -0.2) is 9.55 Å². The van der Waals surface area contributed by atoms with Crippen LogP contribution < -0.4 is 4.57 Å². The van der Waals surface area contributed by atoms with Crippen LogP contribution in [0.5, 0.6) is 0 Å². The van der Waals surface area contributed by atoms with Gasteiger partial charge in [0, 0.05) is 38.1 Å². The molecular weight excluding hydrogens is 356 g/mol. The molecular formula is C26H29N2O+. The van der Waals surface area contributed by atoms with Crippen molar-refractivity contribution in [1.29, 1.82) is 0 Å². The molecule has 0 N–H and O–H groups in total. The van der Waals surface area contributed by atoms with Crippen LogP contribution in [0.15, 0.2) is 47.0 Å². The Morgan fingerprint density at radius 3 is 2.69 bits per heavy atom. The topological polar surface area (TPSA) is 29.9 Å². The van der Waals surface area contributed by atoms with Crippen LogP contribution >= 0.6 is 0 Å². The van der Waals surface area contributed by atoms with Crippen LogP contribution in [0.2, 0.25) is 0 Å². The van der Waals surface area contributed by atoms with Crippen molar-refractivity contribution in [2.24, 2.45) is 7.05 Å². The zero-order chi connectivity index (χ0) is 22.8. The SMILES string of the molecule is [2H]C1([2H])CCCC1([2H])c1ccc2c(n1)oc1c(-c3ccc(C(C)C)c[n+]3C)c(C)ccc12. The smallest absolute Gasteiger partial charge is 0.227 e. The second-order valence-corrected chi connectivity index (χ2v) is 8.41. The molecule has 4 aromatic rings. The number of rotatable bonds is 3. The van der Waals surface area contributed by atoms with E-state index in [1.807, 2.05) is 12.1 Å². The number of furan rings is 1. The van der Waals surface area contributed by atoms with E-state index in [2.05, 4.69) is 67.8 Å². The molecule has 3 aromatic heterocycles.